The molecule has 2 amide bonds. The summed E-state index contributed by atoms with van der Waals surface area (Å²) in [6.07, 6.45) is -3.32. The second-order valence-corrected chi connectivity index (χ2v) is 9.08. The van der Waals surface area contributed by atoms with Crippen LogP contribution < -0.4 is 0 Å². The molecule has 0 aromatic heterocycles. The smallest absolute Gasteiger partial charge is 0.338 e. The van der Waals surface area contributed by atoms with Gasteiger partial charge in [0, 0.05) is 36.5 Å². The van der Waals surface area contributed by atoms with Crippen molar-refractivity contribution < 1.29 is 27.2 Å². The van der Waals surface area contributed by atoms with E-state index in [1.165, 1.54) is 36.4 Å². The zero-order valence-electron chi connectivity index (χ0n) is 16.5. The van der Waals surface area contributed by atoms with Crippen molar-refractivity contribution in [3.05, 3.63) is 71.0 Å². The van der Waals surface area contributed by atoms with Crippen LogP contribution in [0.4, 0.5) is 17.6 Å². The van der Waals surface area contributed by atoms with Gasteiger partial charge in [0.05, 0.1) is 10.4 Å². The number of carbonyl (C=O) groups excluding carboxylic acids is 2. The van der Waals surface area contributed by atoms with Crippen LogP contribution in [0.15, 0.2) is 48.5 Å². The molecule has 4 nitrogen and oxygen atoms in total. The number of hydrogen-bond acceptors (Lipinski definition) is 3. The molecule has 0 N–H and O–H groups in total. The quantitative estimate of drug-likeness (QED) is 0.622. The predicted octanol–water partition coefficient (Wildman–Crippen LogP) is 4.67. The van der Waals surface area contributed by atoms with Crippen LogP contribution in [-0.2, 0) is 6.18 Å². The summed E-state index contributed by atoms with van der Waals surface area (Å²) in [5.74, 6) is -0.150. The number of benzene rings is 2. The first-order chi connectivity index (χ1) is 14.7. The van der Waals surface area contributed by atoms with Crippen molar-refractivity contribution in [2.24, 2.45) is 0 Å². The molecule has 9 heteroatoms. The summed E-state index contributed by atoms with van der Waals surface area (Å²) in [5, 5.41) is 0. The molecular formula is C22H20F4N2O2S. The van der Waals surface area contributed by atoms with Crippen LogP contribution in [0.5, 0.6) is 0 Å². The Morgan fingerprint density at radius 2 is 1.39 bits per heavy atom. The minimum absolute atomic E-state index is 0.182. The second-order valence-electron chi connectivity index (χ2n) is 7.63. The van der Waals surface area contributed by atoms with Crippen LogP contribution in [0.2, 0.25) is 0 Å². The van der Waals surface area contributed by atoms with Crippen molar-refractivity contribution in [1.29, 1.82) is 0 Å². The fraction of sp³-hybridized carbons (Fsp3) is 0.364. The molecule has 0 bridgehead atoms. The van der Waals surface area contributed by atoms with E-state index in [1.807, 2.05) is 0 Å². The monoisotopic (exact) mass is 452 g/mol. The van der Waals surface area contributed by atoms with Crippen LogP contribution in [0.1, 0.15) is 39.1 Å². The van der Waals surface area contributed by atoms with Gasteiger partial charge in [0.25, 0.3) is 11.8 Å². The van der Waals surface area contributed by atoms with Gasteiger partial charge in [0.15, 0.2) is 0 Å². The van der Waals surface area contributed by atoms with E-state index in [-0.39, 0.29) is 17.4 Å². The number of rotatable bonds is 2. The van der Waals surface area contributed by atoms with Crippen molar-refractivity contribution in [3.63, 3.8) is 0 Å². The first-order valence-corrected chi connectivity index (χ1v) is 10.9. The lowest BCUT2D eigenvalue weighted by Gasteiger charge is -2.44. The minimum atomic E-state index is -4.45. The van der Waals surface area contributed by atoms with Gasteiger partial charge in [-0.2, -0.15) is 13.2 Å². The molecule has 0 aliphatic carbocycles. The Labute approximate surface area is 181 Å². The van der Waals surface area contributed by atoms with Crippen molar-refractivity contribution in [1.82, 2.24) is 9.80 Å². The normalized spacial score (nSPS) is 18.5. The van der Waals surface area contributed by atoms with Gasteiger partial charge >= 0.3 is 6.18 Å². The van der Waals surface area contributed by atoms with Crippen molar-refractivity contribution in [2.75, 3.05) is 25.4 Å². The minimum Gasteiger partial charge on any atom is -0.338 e. The Hall–Kier alpha value is -2.55. The Balaban J connectivity index is 1.45. The van der Waals surface area contributed by atoms with Crippen molar-refractivity contribution in [3.8, 4) is 0 Å². The summed E-state index contributed by atoms with van der Waals surface area (Å²) in [4.78, 5) is 28.7. The molecule has 0 unspecified atom stereocenters. The standard InChI is InChI=1S/C22H20F4N2O2S/c23-18-7-3-15(4-8-18)19(29)27-11-9-21(10-12-27)28(13-14-31-21)20(30)16-1-5-17(6-2-16)22(24,25)26/h1-8H,9-14H2. The molecule has 2 aliphatic heterocycles. The summed E-state index contributed by atoms with van der Waals surface area (Å²) in [6.45, 7) is 1.40. The molecule has 2 aromatic carbocycles. The Morgan fingerprint density at radius 3 is 1.97 bits per heavy atom. The highest BCUT2D eigenvalue weighted by molar-refractivity contribution is 8.00. The van der Waals surface area contributed by atoms with Gasteiger partial charge in [-0.3, -0.25) is 9.59 Å². The fourth-order valence-electron chi connectivity index (χ4n) is 4.10. The van der Waals surface area contributed by atoms with Gasteiger partial charge in [-0.05, 0) is 61.4 Å². The maximum absolute atomic E-state index is 13.1. The lowest BCUT2D eigenvalue weighted by atomic mass is 9.99. The number of thioether (sulfide) groups is 1. The maximum atomic E-state index is 13.1. The van der Waals surface area contributed by atoms with E-state index in [0.29, 0.717) is 38.0 Å². The van der Waals surface area contributed by atoms with Gasteiger partial charge in [0.1, 0.15) is 5.82 Å². The molecule has 2 aromatic rings. The zero-order valence-corrected chi connectivity index (χ0v) is 17.3. The molecule has 31 heavy (non-hydrogen) atoms. The average molecular weight is 452 g/mol. The third-order valence-electron chi connectivity index (χ3n) is 5.80. The number of carbonyl (C=O) groups is 2. The fourth-order valence-corrected chi connectivity index (χ4v) is 5.56. The lowest BCUT2D eigenvalue weighted by Crippen LogP contribution is -2.53. The number of hydrogen-bond donors (Lipinski definition) is 0. The number of alkyl halides is 3. The molecule has 0 saturated carbocycles. The summed E-state index contributed by atoms with van der Waals surface area (Å²) in [7, 11) is 0. The second kappa shape index (κ2) is 8.18. The third kappa shape index (κ3) is 4.28. The molecule has 0 radical (unpaired) electrons. The maximum Gasteiger partial charge on any atom is 0.416 e. The Morgan fingerprint density at radius 1 is 0.839 bits per heavy atom. The van der Waals surface area contributed by atoms with E-state index in [1.54, 1.807) is 21.6 Å². The summed E-state index contributed by atoms with van der Waals surface area (Å²) < 4.78 is 51.5. The number of likely N-dealkylation sites (tertiary alicyclic amines) is 1. The molecule has 2 saturated heterocycles. The Bertz CT molecular complexity index is 969. The average Bonchev–Trinajstić information content (AvgIpc) is 3.16. The highest BCUT2D eigenvalue weighted by Gasteiger charge is 2.47. The molecular weight excluding hydrogens is 432 g/mol. The van der Waals surface area contributed by atoms with Gasteiger partial charge in [-0.1, -0.05) is 0 Å². The topological polar surface area (TPSA) is 40.6 Å². The third-order valence-corrected chi connectivity index (χ3v) is 7.36. The number of nitrogens with zero attached hydrogens (tertiary/aromatic N) is 2. The molecule has 1 spiro atoms. The number of amides is 2. The van der Waals surface area contributed by atoms with E-state index in [9.17, 15) is 27.2 Å². The summed E-state index contributed by atoms with van der Waals surface area (Å²) >= 11 is 1.65. The first-order valence-electron chi connectivity index (χ1n) is 9.88. The van der Waals surface area contributed by atoms with Gasteiger partial charge in [-0.15, -0.1) is 11.8 Å². The highest BCUT2D eigenvalue weighted by Crippen LogP contribution is 2.44. The van der Waals surface area contributed by atoms with E-state index in [4.69, 9.17) is 0 Å². The van der Waals surface area contributed by atoms with E-state index >= 15 is 0 Å². The molecule has 164 valence electrons. The number of piperidine rings is 1. The summed E-state index contributed by atoms with van der Waals surface area (Å²) in [6, 6.07) is 9.68. The van der Waals surface area contributed by atoms with E-state index in [2.05, 4.69) is 0 Å². The zero-order chi connectivity index (χ0) is 22.2. The van der Waals surface area contributed by atoms with Gasteiger partial charge < -0.3 is 9.80 Å². The van der Waals surface area contributed by atoms with E-state index in [0.717, 1.165) is 17.9 Å². The molecule has 0 atom stereocenters. The van der Waals surface area contributed by atoms with Crippen molar-refractivity contribution in [2.45, 2.75) is 23.9 Å². The largest absolute Gasteiger partial charge is 0.416 e. The van der Waals surface area contributed by atoms with Gasteiger partial charge in [0.2, 0.25) is 0 Å². The molecule has 4 rings (SSSR count). The molecule has 2 heterocycles. The van der Waals surface area contributed by atoms with Crippen LogP contribution in [0, 0.1) is 5.82 Å². The predicted molar refractivity (Wildman–Crippen MR) is 109 cm³/mol. The molecule has 2 fully saturated rings. The van der Waals surface area contributed by atoms with Gasteiger partial charge in [-0.25, -0.2) is 4.39 Å². The first kappa shape index (κ1) is 21.7. The molecule has 2 aliphatic rings. The summed E-state index contributed by atoms with van der Waals surface area (Å²) in [5.41, 5.74) is -0.157. The Kier molecular flexibility index (Phi) is 5.72. The van der Waals surface area contributed by atoms with Crippen LogP contribution >= 0.6 is 11.8 Å². The van der Waals surface area contributed by atoms with Crippen LogP contribution in [-0.4, -0.2) is 51.9 Å². The SMILES string of the molecule is O=C(c1ccc(F)cc1)N1CCC2(CC1)SCCN2C(=O)c1ccc(C(F)(F)F)cc1. The lowest BCUT2D eigenvalue weighted by molar-refractivity contribution is -0.137. The van der Waals surface area contributed by atoms with E-state index < -0.39 is 22.4 Å². The highest BCUT2D eigenvalue weighted by atomic mass is 32.2. The number of halogens is 4. The van der Waals surface area contributed by atoms with Crippen molar-refractivity contribution >= 4 is 23.6 Å². The van der Waals surface area contributed by atoms with Crippen LogP contribution in [0.25, 0.3) is 0 Å². The van der Waals surface area contributed by atoms with Crippen LogP contribution in [0.3, 0.4) is 0 Å².